The summed E-state index contributed by atoms with van der Waals surface area (Å²) in [5.41, 5.74) is 2.05. The molecule has 4 N–H and O–H groups in total. The van der Waals surface area contributed by atoms with E-state index in [0.717, 1.165) is 41.3 Å². The van der Waals surface area contributed by atoms with Crippen molar-refractivity contribution in [3.05, 3.63) is 41.2 Å². The molecule has 3 aromatic rings. The number of H-pyrrole nitrogens is 1. The van der Waals surface area contributed by atoms with Gasteiger partial charge in [0.1, 0.15) is 11.4 Å². The van der Waals surface area contributed by atoms with Crippen molar-refractivity contribution in [1.29, 1.82) is 0 Å². The van der Waals surface area contributed by atoms with Gasteiger partial charge in [-0.15, -0.1) is 11.3 Å². The van der Waals surface area contributed by atoms with E-state index in [1.54, 1.807) is 12.3 Å². The maximum atomic E-state index is 13.7. The first-order chi connectivity index (χ1) is 22.0. The molecule has 1 aromatic carbocycles. The summed E-state index contributed by atoms with van der Waals surface area (Å²) in [5, 5.41) is 16.3. The predicted molar refractivity (Wildman–Crippen MR) is 174 cm³/mol. The highest BCUT2D eigenvalue weighted by atomic mass is 32.2. The topological polar surface area (TPSA) is 174 Å². The second-order valence-electron chi connectivity index (χ2n) is 12.0. The van der Waals surface area contributed by atoms with Crippen LogP contribution in [0.4, 0.5) is 21.1 Å². The Morgan fingerprint density at radius 2 is 1.85 bits per heavy atom. The average molecular weight is 675 g/mol. The first kappa shape index (κ1) is 33.7. The van der Waals surface area contributed by atoms with Crippen molar-refractivity contribution >= 4 is 44.9 Å². The van der Waals surface area contributed by atoms with Crippen LogP contribution in [0.25, 0.3) is 10.4 Å². The number of carbonyl (C=O) groups is 2. The maximum Gasteiger partial charge on any atom is 0.407 e. The van der Waals surface area contributed by atoms with Gasteiger partial charge in [-0.05, 0) is 71.4 Å². The van der Waals surface area contributed by atoms with Gasteiger partial charge in [0.25, 0.3) is 0 Å². The molecule has 0 radical (unpaired) electrons. The van der Waals surface area contributed by atoms with Gasteiger partial charge in [0.05, 0.1) is 34.1 Å². The molecule has 2 aliphatic rings. The van der Waals surface area contributed by atoms with Gasteiger partial charge in [-0.2, -0.15) is 5.10 Å². The molecule has 46 heavy (non-hydrogen) atoms. The molecule has 1 saturated carbocycles. The van der Waals surface area contributed by atoms with Crippen molar-refractivity contribution in [2.24, 2.45) is 0 Å². The predicted octanol–water partition coefficient (Wildman–Crippen LogP) is 5.29. The summed E-state index contributed by atoms with van der Waals surface area (Å²) in [5.74, 6) is 0.784. The summed E-state index contributed by atoms with van der Waals surface area (Å²) in [6.07, 6.45) is 5.09. The highest BCUT2D eigenvalue weighted by Gasteiger charge is 2.36. The molecule has 2 amide bonds. The number of amides is 2. The van der Waals surface area contributed by atoms with Crippen LogP contribution in [0.1, 0.15) is 69.5 Å². The number of ether oxygens (including phenoxy) is 3. The number of hydrogen-bond donors (Lipinski definition) is 4. The zero-order valence-corrected chi connectivity index (χ0v) is 28.1. The van der Waals surface area contributed by atoms with Crippen molar-refractivity contribution in [3.8, 4) is 10.4 Å². The fourth-order valence-electron chi connectivity index (χ4n) is 5.47. The zero-order valence-electron chi connectivity index (χ0n) is 26.5. The molecule has 13 nitrogen and oxygen atoms in total. The Kier molecular flexibility index (Phi) is 10.8. The van der Waals surface area contributed by atoms with E-state index in [-0.39, 0.29) is 48.4 Å². The van der Waals surface area contributed by atoms with Crippen LogP contribution in [0, 0.1) is 0 Å². The van der Waals surface area contributed by atoms with Crippen molar-refractivity contribution in [2.75, 3.05) is 25.6 Å². The Morgan fingerprint density at radius 3 is 2.52 bits per heavy atom. The first-order valence-corrected chi connectivity index (χ1v) is 18.0. The van der Waals surface area contributed by atoms with E-state index in [1.807, 2.05) is 39.0 Å². The normalized spacial score (nSPS) is 19.2. The first-order valence-electron chi connectivity index (χ1n) is 15.6. The number of nitrogens with one attached hydrogen (secondary N) is 4. The maximum absolute atomic E-state index is 13.7. The lowest BCUT2D eigenvalue weighted by molar-refractivity contribution is 0.0416. The summed E-state index contributed by atoms with van der Waals surface area (Å²) >= 11 is 1.52. The largest absolute Gasteiger partial charge is 0.447 e. The average Bonchev–Trinajstić information content (AvgIpc) is 3.65. The smallest absolute Gasteiger partial charge is 0.407 e. The molecule has 2 aromatic heterocycles. The highest BCUT2D eigenvalue weighted by molar-refractivity contribution is 7.92. The fourth-order valence-corrected chi connectivity index (χ4v) is 8.35. The van der Waals surface area contributed by atoms with Crippen molar-refractivity contribution in [1.82, 2.24) is 25.8 Å². The molecular formula is C31H42N6O7S2. The Bertz CT molecular complexity index is 1610. The van der Waals surface area contributed by atoms with Gasteiger partial charge in [0, 0.05) is 48.2 Å². The van der Waals surface area contributed by atoms with Gasteiger partial charge >= 0.3 is 12.2 Å². The van der Waals surface area contributed by atoms with Crippen molar-refractivity contribution in [3.63, 3.8) is 0 Å². The minimum absolute atomic E-state index is 0.0700. The minimum Gasteiger partial charge on any atom is -0.447 e. The highest BCUT2D eigenvalue weighted by Crippen LogP contribution is 2.41. The van der Waals surface area contributed by atoms with Gasteiger partial charge in [-0.3, -0.25) is 5.10 Å². The number of rotatable bonds is 12. The van der Waals surface area contributed by atoms with Gasteiger partial charge in [0.2, 0.25) is 0 Å². The summed E-state index contributed by atoms with van der Waals surface area (Å²) in [6.45, 7) is 5.81. The molecule has 5 rings (SSSR count). The third-order valence-electron chi connectivity index (χ3n) is 8.10. The molecule has 0 bridgehead atoms. The number of alkyl carbamates (subject to hydrolysis) is 2. The summed E-state index contributed by atoms with van der Waals surface area (Å²) < 4.78 is 43.1. The SMILES string of the molecule is CNC(=O)OC(C)CCc1cc(Nc2ccc(-c3cnc(C4CCC(NC(=O)OC(C)C)CC4)s3)c(S(=O)(=O)C3COC3)c2)n[nH]1. The number of aromatic amines is 1. The van der Waals surface area contributed by atoms with E-state index >= 15 is 0 Å². The summed E-state index contributed by atoms with van der Waals surface area (Å²) in [7, 11) is -2.16. The third-order valence-corrected chi connectivity index (χ3v) is 11.4. The quantitative estimate of drug-likeness (QED) is 0.198. The Hall–Kier alpha value is -3.69. The summed E-state index contributed by atoms with van der Waals surface area (Å²) in [6, 6.07) is 7.23. The van der Waals surface area contributed by atoms with Crippen LogP contribution in [-0.4, -0.2) is 79.5 Å². The van der Waals surface area contributed by atoms with E-state index in [4.69, 9.17) is 19.2 Å². The number of hydrogen-bond acceptors (Lipinski definition) is 11. The Morgan fingerprint density at radius 1 is 1.09 bits per heavy atom. The Labute approximate surface area is 273 Å². The number of benzene rings is 1. The fraction of sp³-hybridized carbons (Fsp3) is 0.548. The molecular weight excluding hydrogens is 633 g/mol. The number of aromatic nitrogens is 3. The molecule has 250 valence electrons. The number of carbonyl (C=O) groups excluding carboxylic acids is 2. The molecule has 1 unspecified atom stereocenters. The van der Waals surface area contributed by atoms with Crippen molar-refractivity contribution < 1.29 is 32.2 Å². The number of thiazole rings is 1. The second kappa shape index (κ2) is 14.8. The van der Waals surface area contributed by atoms with Crippen LogP contribution < -0.4 is 16.0 Å². The lowest BCUT2D eigenvalue weighted by atomic mass is 9.86. The standard InChI is InChI=1S/C31H42N6O7S2/c1-18(2)43-31(39)35-21-9-6-20(7-10-21)29-33-15-26(45-29)25-12-11-22(13-27(25)46(40,41)24-16-42-17-24)34-28-14-23(36-37-28)8-5-19(3)44-30(38)32-4/h11-15,18-21,24H,5-10,16-17H2,1-4H3,(H,32,38)(H,35,39)(H2,34,36,37). The minimum atomic E-state index is -3.68. The molecule has 1 atom stereocenters. The van der Waals surface area contributed by atoms with Crippen LogP contribution in [0.5, 0.6) is 0 Å². The van der Waals surface area contributed by atoms with Gasteiger partial charge in [0.15, 0.2) is 15.7 Å². The molecule has 0 spiro atoms. The van der Waals surface area contributed by atoms with E-state index in [9.17, 15) is 18.0 Å². The van der Waals surface area contributed by atoms with E-state index in [0.29, 0.717) is 29.9 Å². The van der Waals surface area contributed by atoms with Crippen LogP contribution in [0.2, 0.25) is 0 Å². The monoisotopic (exact) mass is 674 g/mol. The van der Waals surface area contributed by atoms with E-state index in [2.05, 4.69) is 26.1 Å². The van der Waals surface area contributed by atoms with Gasteiger partial charge in [-0.1, -0.05) is 6.07 Å². The third kappa shape index (κ3) is 8.36. The van der Waals surface area contributed by atoms with Crippen LogP contribution in [0.15, 0.2) is 35.4 Å². The van der Waals surface area contributed by atoms with Crippen LogP contribution in [0.3, 0.4) is 0 Å². The summed E-state index contributed by atoms with van der Waals surface area (Å²) in [4.78, 5) is 29.2. The molecule has 2 fully saturated rings. The number of anilines is 2. The van der Waals surface area contributed by atoms with E-state index < -0.39 is 21.2 Å². The number of nitrogens with zero attached hydrogens (tertiary/aromatic N) is 2. The lowest BCUT2D eigenvalue weighted by Gasteiger charge is -2.28. The number of aryl methyl sites for hydroxylation is 1. The van der Waals surface area contributed by atoms with Crippen LogP contribution in [-0.2, 0) is 30.5 Å². The van der Waals surface area contributed by atoms with Crippen molar-refractivity contribution in [2.45, 2.75) is 93.6 Å². The Balaban J connectivity index is 1.28. The molecule has 1 aliphatic carbocycles. The van der Waals surface area contributed by atoms with Gasteiger partial charge in [-0.25, -0.2) is 23.0 Å². The van der Waals surface area contributed by atoms with E-state index in [1.165, 1.54) is 18.4 Å². The molecule has 1 aliphatic heterocycles. The van der Waals surface area contributed by atoms with Gasteiger partial charge < -0.3 is 30.2 Å². The molecule has 15 heteroatoms. The van der Waals surface area contributed by atoms with Crippen LogP contribution >= 0.6 is 11.3 Å². The molecule has 1 saturated heterocycles. The lowest BCUT2D eigenvalue weighted by Crippen LogP contribution is -2.40. The zero-order chi connectivity index (χ0) is 32.8. The second-order valence-corrected chi connectivity index (χ2v) is 15.3. The number of sulfone groups is 1. The molecule has 3 heterocycles.